The predicted octanol–water partition coefficient (Wildman–Crippen LogP) is 1.11. The van der Waals surface area contributed by atoms with Gasteiger partial charge in [-0.25, -0.2) is 4.79 Å². The first-order valence-electron chi connectivity index (χ1n) is 12.3. The smallest absolute Gasteiger partial charge is 0.326 e. The summed E-state index contributed by atoms with van der Waals surface area (Å²) in [6.07, 6.45) is 0.782. The maximum absolute atomic E-state index is 13.4. The van der Waals surface area contributed by atoms with Crippen molar-refractivity contribution >= 4 is 23.7 Å². The highest BCUT2D eigenvalue weighted by Crippen LogP contribution is 2.13. The third kappa shape index (κ3) is 9.57. The first-order chi connectivity index (χ1) is 17.6. The molecule has 0 aliphatic heterocycles. The van der Waals surface area contributed by atoms with E-state index in [-0.39, 0.29) is 37.5 Å². The summed E-state index contributed by atoms with van der Waals surface area (Å²) in [6, 6.07) is 12.0. The number of amides is 3. The van der Waals surface area contributed by atoms with Crippen molar-refractivity contribution in [3.05, 3.63) is 65.7 Å². The first kappa shape index (κ1) is 29.3. The molecule has 2 aromatic carbocycles. The van der Waals surface area contributed by atoms with Gasteiger partial charge in [0, 0.05) is 25.8 Å². The molecule has 0 heterocycles. The van der Waals surface area contributed by atoms with E-state index in [4.69, 9.17) is 5.73 Å². The lowest BCUT2D eigenvalue weighted by atomic mass is 9.97. The van der Waals surface area contributed by atoms with Crippen molar-refractivity contribution in [2.75, 3.05) is 6.54 Å². The van der Waals surface area contributed by atoms with E-state index in [1.54, 1.807) is 19.1 Å². The molecule has 4 atom stereocenters. The molecular weight excluding hydrogens is 476 g/mol. The van der Waals surface area contributed by atoms with Gasteiger partial charge in [0.05, 0.1) is 0 Å². The van der Waals surface area contributed by atoms with Gasteiger partial charge in [-0.1, -0.05) is 62.7 Å². The number of benzene rings is 2. The average Bonchev–Trinajstić information content (AvgIpc) is 2.87. The number of carboxylic acid groups (broad SMARTS) is 1. The largest absolute Gasteiger partial charge is 0.508 e. The number of hydrogen-bond donors (Lipinski definition) is 6. The van der Waals surface area contributed by atoms with E-state index in [0.717, 1.165) is 5.56 Å². The molecule has 7 N–H and O–H groups in total. The minimum Gasteiger partial charge on any atom is -0.508 e. The van der Waals surface area contributed by atoms with Crippen LogP contribution in [0, 0.1) is 5.92 Å². The molecule has 0 radical (unpaired) electrons. The number of hydrogen-bond acceptors (Lipinski definition) is 6. The third-order valence-electron chi connectivity index (χ3n) is 6.09. The van der Waals surface area contributed by atoms with Gasteiger partial charge in [-0.15, -0.1) is 0 Å². The number of phenolic OH excluding ortho intramolecular Hbond substituents is 1. The van der Waals surface area contributed by atoms with Crippen molar-refractivity contribution in [3.63, 3.8) is 0 Å². The standard InChI is InChI=1S/C27H36N4O6/c1-3-17(2)24(27(36)37)31-26(35)22(16-19-9-11-20(32)12-10-19)30-25(34)21(29-23(33)13-14-28)15-18-7-5-4-6-8-18/h4-12,17,21-22,24,32H,3,13-16,28H2,1-2H3,(H,29,33)(H,30,34)(H,31,35)(H,36,37)/t17-,21-,22-,24-/m0/s1. The highest BCUT2D eigenvalue weighted by Gasteiger charge is 2.31. The number of aromatic hydroxyl groups is 1. The van der Waals surface area contributed by atoms with Crippen LogP contribution in [0.4, 0.5) is 0 Å². The zero-order valence-corrected chi connectivity index (χ0v) is 21.1. The molecular formula is C27H36N4O6. The summed E-state index contributed by atoms with van der Waals surface area (Å²) in [6.45, 7) is 3.65. The Balaban J connectivity index is 2.30. The highest BCUT2D eigenvalue weighted by molar-refractivity contribution is 5.93. The Labute approximate surface area is 216 Å². The Hall–Kier alpha value is -3.92. The number of carboxylic acids is 1. The highest BCUT2D eigenvalue weighted by atomic mass is 16.4. The van der Waals surface area contributed by atoms with E-state index >= 15 is 0 Å². The van der Waals surface area contributed by atoms with Crippen LogP contribution in [-0.4, -0.2) is 58.6 Å². The van der Waals surface area contributed by atoms with Gasteiger partial charge in [-0.05, 0) is 29.2 Å². The number of aliphatic carboxylic acids is 1. The second-order valence-electron chi connectivity index (χ2n) is 8.99. The van der Waals surface area contributed by atoms with Crippen LogP contribution in [0.25, 0.3) is 0 Å². The third-order valence-corrected chi connectivity index (χ3v) is 6.09. The molecule has 0 aromatic heterocycles. The minimum atomic E-state index is -1.17. The van der Waals surface area contributed by atoms with Crippen molar-refractivity contribution < 1.29 is 29.4 Å². The maximum Gasteiger partial charge on any atom is 0.326 e. The summed E-state index contributed by atoms with van der Waals surface area (Å²) in [7, 11) is 0. The van der Waals surface area contributed by atoms with E-state index in [9.17, 15) is 29.4 Å². The van der Waals surface area contributed by atoms with E-state index < -0.39 is 41.8 Å². The van der Waals surface area contributed by atoms with Crippen molar-refractivity contribution in [1.82, 2.24) is 16.0 Å². The SMILES string of the molecule is CC[C@H](C)[C@H](NC(=O)[C@H](Cc1ccc(O)cc1)NC(=O)[C@H](Cc1ccccc1)NC(=O)CCN)C(=O)O. The molecule has 0 aliphatic rings. The second kappa shape index (κ2) is 14.6. The zero-order valence-electron chi connectivity index (χ0n) is 21.1. The fourth-order valence-corrected chi connectivity index (χ4v) is 3.74. The monoisotopic (exact) mass is 512 g/mol. The topological polar surface area (TPSA) is 171 Å². The van der Waals surface area contributed by atoms with Gasteiger partial charge in [-0.3, -0.25) is 14.4 Å². The predicted molar refractivity (Wildman–Crippen MR) is 139 cm³/mol. The molecule has 0 saturated carbocycles. The van der Waals surface area contributed by atoms with Crippen LogP contribution in [0.5, 0.6) is 5.75 Å². The zero-order chi connectivity index (χ0) is 27.4. The Morgan fingerprint density at radius 1 is 0.838 bits per heavy atom. The van der Waals surface area contributed by atoms with Gasteiger partial charge in [0.25, 0.3) is 0 Å². The van der Waals surface area contributed by atoms with Crippen LogP contribution >= 0.6 is 0 Å². The van der Waals surface area contributed by atoms with Gasteiger partial charge in [0.2, 0.25) is 17.7 Å². The minimum absolute atomic E-state index is 0.0329. The van der Waals surface area contributed by atoms with Crippen LogP contribution in [-0.2, 0) is 32.0 Å². The number of carbonyl (C=O) groups is 4. The van der Waals surface area contributed by atoms with Crippen LogP contribution in [0.1, 0.15) is 37.8 Å². The summed E-state index contributed by atoms with van der Waals surface area (Å²) in [5.74, 6) is -3.13. The van der Waals surface area contributed by atoms with E-state index in [2.05, 4.69) is 16.0 Å². The van der Waals surface area contributed by atoms with Crippen molar-refractivity contribution in [3.8, 4) is 5.75 Å². The van der Waals surface area contributed by atoms with Gasteiger partial charge < -0.3 is 31.9 Å². The molecule has 0 bridgehead atoms. The van der Waals surface area contributed by atoms with Gasteiger partial charge in [-0.2, -0.15) is 0 Å². The molecule has 200 valence electrons. The fraction of sp³-hybridized carbons (Fsp3) is 0.407. The molecule has 0 saturated heterocycles. The first-order valence-corrected chi connectivity index (χ1v) is 12.3. The normalized spacial score (nSPS) is 14.0. The Kier molecular flexibility index (Phi) is 11.6. The summed E-state index contributed by atoms with van der Waals surface area (Å²) < 4.78 is 0. The van der Waals surface area contributed by atoms with Crippen molar-refractivity contribution in [1.29, 1.82) is 0 Å². The fourth-order valence-electron chi connectivity index (χ4n) is 3.74. The lowest BCUT2D eigenvalue weighted by molar-refractivity contribution is -0.143. The number of nitrogens with two attached hydrogens (primary N) is 1. The van der Waals surface area contributed by atoms with E-state index in [1.807, 2.05) is 37.3 Å². The van der Waals surface area contributed by atoms with Crippen molar-refractivity contribution in [2.45, 2.75) is 57.7 Å². The lowest BCUT2D eigenvalue weighted by Crippen LogP contribution is -2.57. The Bertz CT molecular complexity index is 1040. The summed E-state index contributed by atoms with van der Waals surface area (Å²) in [4.78, 5) is 50.7. The maximum atomic E-state index is 13.4. The average molecular weight is 513 g/mol. The van der Waals surface area contributed by atoms with E-state index in [0.29, 0.717) is 12.0 Å². The molecule has 0 spiro atoms. The summed E-state index contributed by atoms with van der Waals surface area (Å²) >= 11 is 0. The molecule has 2 rings (SSSR count). The number of nitrogens with one attached hydrogen (secondary N) is 3. The number of rotatable bonds is 14. The van der Waals surface area contributed by atoms with Crippen LogP contribution in [0.2, 0.25) is 0 Å². The molecule has 10 nitrogen and oxygen atoms in total. The quantitative estimate of drug-likeness (QED) is 0.220. The van der Waals surface area contributed by atoms with Gasteiger partial charge in [0.1, 0.15) is 23.9 Å². The van der Waals surface area contributed by atoms with Crippen LogP contribution < -0.4 is 21.7 Å². The van der Waals surface area contributed by atoms with Crippen LogP contribution in [0.3, 0.4) is 0 Å². The molecule has 3 amide bonds. The molecule has 0 fully saturated rings. The molecule has 10 heteroatoms. The second-order valence-corrected chi connectivity index (χ2v) is 8.99. The molecule has 2 aromatic rings. The van der Waals surface area contributed by atoms with Gasteiger partial charge >= 0.3 is 5.97 Å². The molecule has 0 unspecified atom stereocenters. The summed E-state index contributed by atoms with van der Waals surface area (Å²) in [5, 5.41) is 27.1. The summed E-state index contributed by atoms with van der Waals surface area (Å²) in [5.41, 5.74) is 6.92. The van der Waals surface area contributed by atoms with Crippen LogP contribution in [0.15, 0.2) is 54.6 Å². The van der Waals surface area contributed by atoms with Crippen molar-refractivity contribution in [2.24, 2.45) is 11.7 Å². The molecule has 0 aliphatic carbocycles. The Morgan fingerprint density at radius 3 is 1.92 bits per heavy atom. The van der Waals surface area contributed by atoms with Gasteiger partial charge in [0.15, 0.2) is 0 Å². The van der Waals surface area contributed by atoms with E-state index in [1.165, 1.54) is 12.1 Å². The Morgan fingerprint density at radius 2 is 1.38 bits per heavy atom. The number of carbonyl (C=O) groups excluding carboxylic acids is 3. The molecule has 37 heavy (non-hydrogen) atoms. The lowest BCUT2D eigenvalue weighted by Gasteiger charge is -2.26. The number of phenols is 1.